The molecule has 0 unspecified atom stereocenters. The lowest BCUT2D eigenvalue weighted by atomic mass is 9.12. The molecule has 0 saturated heterocycles. The number of rotatable bonds is 9. The molecular formula is C57H29BF24N2O3. The van der Waals surface area contributed by atoms with E-state index in [0.29, 0.717) is 16.9 Å². The highest BCUT2D eigenvalue weighted by atomic mass is 19.4. The zero-order chi connectivity index (χ0) is 64.8. The average molecular weight is 1260 g/mol. The number of ether oxygens (including phenoxy) is 1. The molecule has 5 nitrogen and oxygen atoms in total. The summed E-state index contributed by atoms with van der Waals surface area (Å²) in [5, 5.41) is 9.82. The Labute approximate surface area is 472 Å². The SMILES string of the molecule is FC(F)(F)c1cc([B-](c2cc(C(F)(F)F)cc(C(F)(F)F)c2)(c2cc(C(F)(F)F)cc(C(F)(F)F)c2)c2cc(C(F)(F)F)cc(C(F)(F)F)c2)cc(C(F)(F)F)c1.N#Cc1ccc(OC(=O)c2ccc3ccccc3[n+]2CC(=O)c2ccccc2)cc1. The number of hydrogen-bond acceptors (Lipinski definition) is 4. The van der Waals surface area contributed by atoms with E-state index < -0.39 is 201 Å². The lowest BCUT2D eigenvalue weighted by Gasteiger charge is -2.46. The van der Waals surface area contributed by atoms with Gasteiger partial charge in [0.1, 0.15) is 11.9 Å². The van der Waals surface area contributed by atoms with Crippen LogP contribution in [0.25, 0.3) is 10.9 Å². The normalized spacial score (nSPS) is 13.0. The molecule has 30 heteroatoms. The summed E-state index contributed by atoms with van der Waals surface area (Å²) in [5.41, 5.74) is -28.1. The number of halogens is 24. The first-order chi connectivity index (χ1) is 39.9. The van der Waals surface area contributed by atoms with Gasteiger partial charge < -0.3 is 4.74 Å². The van der Waals surface area contributed by atoms with E-state index in [1.807, 2.05) is 42.5 Å². The van der Waals surface area contributed by atoms with Crippen LogP contribution in [0.2, 0.25) is 0 Å². The summed E-state index contributed by atoms with van der Waals surface area (Å²) in [7, 11) is 0. The van der Waals surface area contributed by atoms with Crippen molar-refractivity contribution in [1.29, 1.82) is 5.26 Å². The molecule has 1 aromatic heterocycles. The molecule has 1 heterocycles. The number of Topliss-reactive ketones (excluding diaryl/α,β-unsaturated/α-hetero) is 1. The Kier molecular flexibility index (Phi) is 17.6. The van der Waals surface area contributed by atoms with Crippen LogP contribution in [0, 0.1) is 11.3 Å². The fourth-order valence-electron chi connectivity index (χ4n) is 9.30. The maximum absolute atomic E-state index is 14.2. The van der Waals surface area contributed by atoms with Gasteiger partial charge in [-0.2, -0.15) is 137 Å². The number of esters is 1. The first kappa shape index (κ1) is 65.5. The fourth-order valence-corrected chi connectivity index (χ4v) is 9.30. The molecule has 0 radical (unpaired) electrons. The highest BCUT2D eigenvalue weighted by molar-refractivity contribution is 7.20. The van der Waals surface area contributed by atoms with Gasteiger partial charge in [0.05, 0.1) is 56.1 Å². The van der Waals surface area contributed by atoms with Crippen LogP contribution in [0.1, 0.15) is 70.9 Å². The fraction of sp³-hybridized carbons (Fsp3) is 0.158. The van der Waals surface area contributed by atoms with Crippen molar-refractivity contribution in [2.24, 2.45) is 0 Å². The van der Waals surface area contributed by atoms with Crippen molar-refractivity contribution < 1.29 is 124 Å². The molecule has 8 rings (SSSR count). The number of alkyl halides is 24. The quantitative estimate of drug-likeness (QED) is 0.0361. The van der Waals surface area contributed by atoms with Crippen molar-refractivity contribution in [1.82, 2.24) is 0 Å². The second-order valence-corrected chi connectivity index (χ2v) is 18.9. The predicted octanol–water partition coefficient (Wildman–Crippen LogP) is 15.3. The highest BCUT2D eigenvalue weighted by Gasteiger charge is 2.47. The predicted molar refractivity (Wildman–Crippen MR) is 261 cm³/mol. The number of fused-ring (bicyclic) bond motifs is 1. The third kappa shape index (κ3) is 14.8. The lowest BCUT2D eigenvalue weighted by Crippen LogP contribution is -2.75. The number of benzene rings is 7. The molecule has 456 valence electrons. The highest BCUT2D eigenvalue weighted by Crippen LogP contribution is 2.42. The van der Waals surface area contributed by atoms with Crippen molar-refractivity contribution in [2.45, 2.75) is 56.0 Å². The van der Waals surface area contributed by atoms with Gasteiger partial charge in [-0.15, -0.1) is 0 Å². The third-order valence-electron chi connectivity index (χ3n) is 13.2. The van der Waals surface area contributed by atoms with Gasteiger partial charge in [-0.1, -0.05) is 91.0 Å². The molecule has 0 fully saturated rings. The van der Waals surface area contributed by atoms with Crippen LogP contribution in [-0.4, -0.2) is 17.9 Å². The number of pyridine rings is 1. The van der Waals surface area contributed by atoms with E-state index in [2.05, 4.69) is 0 Å². The van der Waals surface area contributed by atoms with Crippen LogP contribution in [0.15, 0.2) is 164 Å². The second kappa shape index (κ2) is 23.3. The monoisotopic (exact) mass is 1260 g/mol. The van der Waals surface area contributed by atoms with E-state index in [1.165, 1.54) is 0 Å². The number of carbonyl (C=O) groups is 2. The van der Waals surface area contributed by atoms with Crippen molar-refractivity contribution in [3.63, 3.8) is 0 Å². The van der Waals surface area contributed by atoms with Gasteiger partial charge in [0.25, 0.3) is 5.69 Å². The molecule has 0 N–H and O–H groups in total. The van der Waals surface area contributed by atoms with Gasteiger partial charge in [-0.25, -0.2) is 4.79 Å². The number of nitrogens with zero attached hydrogens (tertiary/aromatic N) is 2. The van der Waals surface area contributed by atoms with Crippen LogP contribution in [0.4, 0.5) is 105 Å². The topological polar surface area (TPSA) is 71.0 Å². The Morgan fingerprint density at radius 3 is 1.01 bits per heavy atom. The van der Waals surface area contributed by atoms with Crippen LogP contribution >= 0.6 is 0 Å². The molecule has 0 aliphatic rings. The van der Waals surface area contributed by atoms with E-state index in [1.54, 1.807) is 59.2 Å². The van der Waals surface area contributed by atoms with Crippen LogP contribution < -0.4 is 31.2 Å². The molecule has 7 aromatic carbocycles. The number of carbonyl (C=O) groups excluding carboxylic acids is 2. The maximum Gasteiger partial charge on any atom is 0.416 e. The molecule has 0 atom stereocenters. The first-order valence-electron chi connectivity index (χ1n) is 24.0. The van der Waals surface area contributed by atoms with Gasteiger partial charge in [-0.3, -0.25) is 4.79 Å². The number of nitriles is 1. The summed E-state index contributed by atoms with van der Waals surface area (Å²) in [6.45, 7) is 0.00315. The van der Waals surface area contributed by atoms with Crippen LogP contribution in [-0.2, 0) is 56.0 Å². The summed E-state index contributed by atoms with van der Waals surface area (Å²) in [6, 6.07) is 19.5. The number of aromatic nitrogens is 1. The number of ketones is 1. The van der Waals surface area contributed by atoms with Crippen molar-refractivity contribution >= 4 is 50.7 Å². The minimum atomic E-state index is -6.13. The molecule has 0 spiro atoms. The minimum Gasteiger partial charge on any atom is -0.419 e. The summed E-state index contributed by atoms with van der Waals surface area (Å²) in [6.07, 6.45) is -54.8. The Morgan fingerprint density at radius 2 is 0.701 bits per heavy atom. The summed E-state index contributed by atoms with van der Waals surface area (Å²) >= 11 is 0. The Morgan fingerprint density at radius 1 is 0.391 bits per heavy atom. The largest absolute Gasteiger partial charge is 0.419 e. The first-order valence-corrected chi connectivity index (χ1v) is 24.0. The molecule has 87 heavy (non-hydrogen) atoms. The van der Waals surface area contributed by atoms with Crippen molar-refractivity contribution in [2.75, 3.05) is 0 Å². The average Bonchev–Trinajstić information content (AvgIpc) is 0.713. The Balaban J connectivity index is 0.000000300. The van der Waals surface area contributed by atoms with E-state index in [4.69, 9.17) is 10.00 Å². The Bertz CT molecular complexity index is 3490. The molecule has 0 amide bonds. The third-order valence-corrected chi connectivity index (χ3v) is 13.2. The summed E-state index contributed by atoms with van der Waals surface area (Å²) in [4.78, 5) is 25.8. The molecule has 0 aliphatic carbocycles. The van der Waals surface area contributed by atoms with Crippen LogP contribution in [0.5, 0.6) is 5.75 Å². The van der Waals surface area contributed by atoms with E-state index >= 15 is 0 Å². The Hall–Kier alpha value is -9.04. The summed E-state index contributed by atoms with van der Waals surface area (Å²) in [5.74, 6) is -0.358. The maximum atomic E-state index is 14.2. The van der Waals surface area contributed by atoms with E-state index in [-0.39, 0.29) is 18.0 Å². The van der Waals surface area contributed by atoms with E-state index in [0.717, 1.165) is 10.9 Å². The number of hydrogen-bond donors (Lipinski definition) is 0. The van der Waals surface area contributed by atoms with Gasteiger partial charge >= 0.3 is 55.4 Å². The van der Waals surface area contributed by atoms with Gasteiger partial charge in [0.2, 0.25) is 17.8 Å². The standard InChI is InChI=1S/C32H12BF24.C25H17N2O3/c34-25(35,36)13-1-14(26(37,38)39)6-21(5-13)33(22-7-15(27(40,41)42)2-16(8-22)28(43,44)45,23-9-17(29(46,47)48)3-18(10-23)30(49,50)51)24-11-19(31(52,53)54)4-20(12-24)32(55,56)57;26-16-18-10-13-21(14-11-18)30-25(29)23-15-12-19-6-4-5-9-22(19)27(23)17-24(28)20-7-2-1-3-8-20/h1-12H;1-15H,17H2/q-1;+1. The minimum absolute atomic E-state index is 0.00315. The van der Waals surface area contributed by atoms with Crippen molar-refractivity contribution in [3.8, 4) is 11.8 Å². The molecular weight excluding hydrogens is 1230 g/mol. The second-order valence-electron chi connectivity index (χ2n) is 18.9. The zero-order valence-corrected chi connectivity index (χ0v) is 42.6. The molecule has 0 aliphatic heterocycles. The van der Waals surface area contributed by atoms with Gasteiger partial charge in [-0.05, 0) is 60.7 Å². The molecule has 8 aromatic rings. The zero-order valence-electron chi connectivity index (χ0n) is 42.6. The van der Waals surface area contributed by atoms with Crippen molar-refractivity contribution in [3.05, 3.63) is 225 Å². The smallest absolute Gasteiger partial charge is 0.416 e. The van der Waals surface area contributed by atoms with Gasteiger partial charge in [0.15, 0.2) is 0 Å². The molecule has 0 bridgehead atoms. The molecule has 0 saturated carbocycles. The van der Waals surface area contributed by atoms with E-state index in [9.17, 15) is 115 Å². The lowest BCUT2D eigenvalue weighted by molar-refractivity contribution is -0.659. The summed E-state index contributed by atoms with van der Waals surface area (Å²) < 4.78 is 348. The van der Waals surface area contributed by atoms with Gasteiger partial charge in [0, 0.05) is 23.1 Å². The van der Waals surface area contributed by atoms with Crippen LogP contribution in [0.3, 0.4) is 0 Å². The number of para-hydroxylation sites is 1.